The molecule has 1 aromatic heterocycles. The number of carboxylic acids is 1. The highest BCUT2D eigenvalue weighted by Gasteiger charge is 2.26. The molecule has 1 atom stereocenters. The summed E-state index contributed by atoms with van der Waals surface area (Å²) in [4.78, 5) is 20.2. The van der Waals surface area contributed by atoms with Crippen LogP contribution in [0.2, 0.25) is 0 Å². The fourth-order valence-corrected chi connectivity index (χ4v) is 5.60. The zero-order valence-corrected chi connectivity index (χ0v) is 20.6. The molecule has 2 N–H and O–H groups in total. The molecule has 1 aliphatic carbocycles. The second kappa shape index (κ2) is 10.1. The number of likely N-dealkylation sites (N-methyl/N-ethyl adjacent to an activating group) is 1. The van der Waals surface area contributed by atoms with E-state index in [1.165, 1.54) is 66.0 Å². The molecular weight excluding hydrogens is 436 g/mol. The van der Waals surface area contributed by atoms with Crippen molar-refractivity contribution in [3.63, 3.8) is 0 Å². The summed E-state index contributed by atoms with van der Waals surface area (Å²) in [5.74, 6) is -0.213. The molecular formula is C29H34N4O2. The first kappa shape index (κ1) is 23.4. The van der Waals surface area contributed by atoms with Crippen molar-refractivity contribution >= 4 is 23.0 Å². The molecule has 2 aromatic carbocycles. The number of rotatable bonds is 7. The molecule has 2 aliphatic rings. The molecule has 6 nitrogen and oxygen atoms in total. The van der Waals surface area contributed by atoms with E-state index in [0.717, 1.165) is 18.9 Å². The van der Waals surface area contributed by atoms with Gasteiger partial charge in [-0.3, -0.25) is 9.88 Å². The predicted octanol–water partition coefficient (Wildman–Crippen LogP) is 5.85. The highest BCUT2D eigenvalue weighted by Crippen LogP contribution is 2.36. The summed E-state index contributed by atoms with van der Waals surface area (Å²) in [6.07, 6.45) is 9.45. The number of pyridine rings is 1. The van der Waals surface area contributed by atoms with Gasteiger partial charge in [-0.1, -0.05) is 31.0 Å². The number of nitrogens with zero attached hydrogens (tertiary/aromatic N) is 3. The molecule has 0 spiro atoms. The number of hydrogen-bond acceptors (Lipinski definition) is 5. The molecule has 2 heterocycles. The Bertz CT molecular complexity index is 1190. The first-order valence-corrected chi connectivity index (χ1v) is 12.6. The van der Waals surface area contributed by atoms with Crippen molar-refractivity contribution in [2.45, 2.75) is 44.1 Å². The molecule has 6 heteroatoms. The van der Waals surface area contributed by atoms with Crippen LogP contribution in [-0.4, -0.2) is 48.1 Å². The maximum atomic E-state index is 11.6. The van der Waals surface area contributed by atoms with E-state index in [4.69, 9.17) is 0 Å². The van der Waals surface area contributed by atoms with Gasteiger partial charge >= 0.3 is 5.97 Å². The van der Waals surface area contributed by atoms with Gasteiger partial charge in [-0.2, -0.15) is 0 Å². The van der Waals surface area contributed by atoms with Crippen LogP contribution >= 0.6 is 0 Å². The van der Waals surface area contributed by atoms with Crippen molar-refractivity contribution in [1.29, 1.82) is 0 Å². The lowest BCUT2D eigenvalue weighted by Gasteiger charge is -2.36. The molecule has 1 aliphatic heterocycles. The van der Waals surface area contributed by atoms with Gasteiger partial charge in [-0.25, -0.2) is 4.79 Å². The Labute approximate surface area is 207 Å². The number of benzene rings is 2. The molecule has 0 amide bonds. The van der Waals surface area contributed by atoms with Gasteiger partial charge in [-0.15, -0.1) is 0 Å². The van der Waals surface area contributed by atoms with Crippen LogP contribution in [0.1, 0.15) is 64.7 Å². The largest absolute Gasteiger partial charge is 0.478 e. The molecule has 1 unspecified atom stereocenters. The van der Waals surface area contributed by atoms with Gasteiger partial charge in [0.2, 0.25) is 0 Å². The zero-order valence-electron chi connectivity index (χ0n) is 20.6. The quantitative estimate of drug-likeness (QED) is 0.452. The molecule has 0 saturated heterocycles. The van der Waals surface area contributed by atoms with Crippen LogP contribution in [0.4, 0.5) is 17.1 Å². The minimum Gasteiger partial charge on any atom is -0.478 e. The smallest absolute Gasteiger partial charge is 0.337 e. The van der Waals surface area contributed by atoms with Gasteiger partial charge in [0, 0.05) is 37.7 Å². The number of fused-ring (bicyclic) bond motifs is 1. The molecule has 0 bridgehead atoms. The lowest BCUT2D eigenvalue weighted by Crippen LogP contribution is -2.36. The van der Waals surface area contributed by atoms with Crippen LogP contribution in [0.25, 0.3) is 0 Å². The first-order chi connectivity index (χ1) is 17.0. The van der Waals surface area contributed by atoms with E-state index in [9.17, 15) is 9.90 Å². The third kappa shape index (κ3) is 4.89. The Morgan fingerprint density at radius 2 is 1.86 bits per heavy atom. The van der Waals surface area contributed by atoms with Crippen LogP contribution in [0.3, 0.4) is 0 Å². The summed E-state index contributed by atoms with van der Waals surface area (Å²) in [6, 6.07) is 17.5. The third-order valence-corrected chi connectivity index (χ3v) is 7.78. The van der Waals surface area contributed by atoms with E-state index < -0.39 is 5.97 Å². The van der Waals surface area contributed by atoms with Crippen molar-refractivity contribution in [2.75, 3.05) is 37.4 Å². The van der Waals surface area contributed by atoms with Crippen molar-refractivity contribution in [1.82, 2.24) is 9.88 Å². The Hall–Kier alpha value is -3.38. The van der Waals surface area contributed by atoms with Crippen molar-refractivity contribution < 1.29 is 9.90 Å². The van der Waals surface area contributed by atoms with E-state index in [1.807, 2.05) is 0 Å². The highest BCUT2D eigenvalue weighted by atomic mass is 16.4. The normalized spacial score (nSPS) is 18.3. The Morgan fingerprint density at radius 1 is 1.11 bits per heavy atom. The summed E-state index contributed by atoms with van der Waals surface area (Å²) >= 11 is 0. The minimum absolute atomic E-state index is 0.158. The molecule has 1 saturated carbocycles. The maximum absolute atomic E-state index is 11.6. The molecule has 1 fully saturated rings. The fraction of sp³-hybridized carbons (Fsp3) is 0.379. The second-order valence-electron chi connectivity index (χ2n) is 9.87. The van der Waals surface area contributed by atoms with Crippen molar-refractivity contribution in [3.05, 3.63) is 83.2 Å². The van der Waals surface area contributed by atoms with Crippen molar-refractivity contribution in [3.8, 4) is 0 Å². The summed E-state index contributed by atoms with van der Waals surface area (Å²) < 4.78 is 0. The number of carbonyl (C=O) groups is 1. The number of nitrogens with one attached hydrogen (secondary N) is 1. The summed E-state index contributed by atoms with van der Waals surface area (Å²) in [5, 5.41) is 12.8. The van der Waals surface area contributed by atoms with Gasteiger partial charge in [0.05, 0.1) is 23.5 Å². The number of carboxylic acid groups (broad SMARTS) is 1. The number of aromatic carboxylic acids is 1. The first-order valence-electron chi connectivity index (χ1n) is 12.6. The number of hydrogen-bond donors (Lipinski definition) is 2. The number of aromatic nitrogens is 1. The maximum Gasteiger partial charge on any atom is 0.337 e. The average Bonchev–Trinajstić information content (AvgIpc) is 3.43. The molecule has 5 rings (SSSR count). The van der Waals surface area contributed by atoms with E-state index in [1.54, 1.807) is 6.20 Å². The molecule has 182 valence electrons. The van der Waals surface area contributed by atoms with E-state index >= 15 is 0 Å². The van der Waals surface area contributed by atoms with Gasteiger partial charge in [-0.05, 0) is 79.3 Å². The van der Waals surface area contributed by atoms with Crippen LogP contribution in [0.15, 0.2) is 60.9 Å². The van der Waals surface area contributed by atoms with Crippen LogP contribution in [0.5, 0.6) is 0 Å². The molecule has 3 aromatic rings. The summed E-state index contributed by atoms with van der Waals surface area (Å²) in [6.45, 7) is 1.58. The van der Waals surface area contributed by atoms with Crippen LogP contribution in [-0.2, 0) is 6.42 Å². The standard InChI is InChI=1S/C29H34N4O2/c1-32-16-14-22-17-24(33(2)23-9-7-21(8-10-23)20-5-3-4-6-20)11-12-25(22)28(32)19-31-27-18-30-15-13-26(27)29(34)35/h7-13,15,17-18,20,28,31H,3-6,14,16,19H2,1-2H3,(H,34,35). The number of anilines is 3. The van der Waals surface area contributed by atoms with Crippen LogP contribution < -0.4 is 10.2 Å². The lowest BCUT2D eigenvalue weighted by atomic mass is 9.92. The second-order valence-corrected chi connectivity index (χ2v) is 9.87. The van der Waals surface area contributed by atoms with E-state index in [-0.39, 0.29) is 11.6 Å². The lowest BCUT2D eigenvalue weighted by molar-refractivity contribution is 0.0697. The van der Waals surface area contributed by atoms with Crippen LogP contribution in [0, 0.1) is 0 Å². The van der Waals surface area contributed by atoms with Crippen molar-refractivity contribution in [2.24, 2.45) is 0 Å². The van der Waals surface area contributed by atoms with Gasteiger partial charge in [0.25, 0.3) is 0 Å². The molecule has 0 radical (unpaired) electrons. The monoisotopic (exact) mass is 470 g/mol. The summed E-state index contributed by atoms with van der Waals surface area (Å²) in [7, 11) is 4.26. The highest BCUT2D eigenvalue weighted by molar-refractivity contribution is 5.93. The fourth-order valence-electron chi connectivity index (χ4n) is 5.60. The van der Waals surface area contributed by atoms with Gasteiger partial charge in [0.1, 0.15) is 0 Å². The van der Waals surface area contributed by atoms with Gasteiger partial charge < -0.3 is 15.3 Å². The van der Waals surface area contributed by atoms with E-state index in [0.29, 0.717) is 12.2 Å². The summed E-state index contributed by atoms with van der Waals surface area (Å²) in [5.41, 5.74) is 7.31. The Morgan fingerprint density at radius 3 is 2.60 bits per heavy atom. The predicted molar refractivity (Wildman–Crippen MR) is 141 cm³/mol. The third-order valence-electron chi connectivity index (χ3n) is 7.78. The minimum atomic E-state index is -0.948. The topological polar surface area (TPSA) is 68.7 Å². The SMILES string of the molecule is CN(c1ccc(C2CCCC2)cc1)c1ccc2c(c1)CCN(C)C2CNc1cnccc1C(=O)O. The average molecular weight is 471 g/mol. The van der Waals surface area contributed by atoms with Gasteiger partial charge in [0.15, 0.2) is 0 Å². The zero-order chi connectivity index (χ0) is 24.4. The van der Waals surface area contributed by atoms with E-state index in [2.05, 4.69) is 76.7 Å². The Balaban J connectivity index is 1.33. The Kier molecular flexibility index (Phi) is 6.73. The molecule has 35 heavy (non-hydrogen) atoms.